The van der Waals surface area contributed by atoms with Crippen LogP contribution in [0.5, 0.6) is 0 Å². The fraction of sp³-hybridized carbons (Fsp3) is 0.471. The Morgan fingerprint density at radius 2 is 2.10 bits per heavy atom. The molecule has 2 aromatic rings. The van der Waals surface area contributed by atoms with E-state index in [4.69, 9.17) is 4.74 Å². The van der Waals surface area contributed by atoms with Crippen molar-refractivity contribution >= 4 is 10.8 Å². The van der Waals surface area contributed by atoms with Crippen LogP contribution in [0.2, 0.25) is 0 Å². The summed E-state index contributed by atoms with van der Waals surface area (Å²) in [4.78, 5) is 4.20. The van der Waals surface area contributed by atoms with Crippen LogP contribution in [0.15, 0.2) is 36.7 Å². The van der Waals surface area contributed by atoms with Crippen molar-refractivity contribution < 1.29 is 4.74 Å². The first kappa shape index (κ1) is 14.9. The largest absolute Gasteiger partial charge is 0.379 e. The van der Waals surface area contributed by atoms with Gasteiger partial charge in [-0.1, -0.05) is 25.1 Å². The molecule has 1 aromatic carbocycles. The third-order valence-electron chi connectivity index (χ3n) is 3.79. The molecular formula is C17H24N2O. The first-order valence-corrected chi connectivity index (χ1v) is 7.18. The van der Waals surface area contributed by atoms with Crippen molar-refractivity contribution in [3.05, 3.63) is 42.2 Å². The second-order valence-electron chi connectivity index (χ2n) is 5.72. The molecule has 0 spiro atoms. The molecule has 20 heavy (non-hydrogen) atoms. The van der Waals surface area contributed by atoms with E-state index < -0.39 is 0 Å². The normalized spacial score (nSPS) is 13.6. The number of nitrogens with one attached hydrogen (secondary N) is 1. The topological polar surface area (TPSA) is 34.1 Å². The van der Waals surface area contributed by atoms with Gasteiger partial charge in [0.1, 0.15) is 0 Å². The Labute approximate surface area is 121 Å². The molecule has 0 aliphatic heterocycles. The molecule has 0 radical (unpaired) electrons. The number of ether oxygens (including phenoxy) is 1. The van der Waals surface area contributed by atoms with Crippen LogP contribution in [-0.2, 0) is 4.74 Å². The van der Waals surface area contributed by atoms with Crippen molar-refractivity contribution in [1.82, 2.24) is 10.3 Å². The highest BCUT2D eigenvalue weighted by Gasteiger charge is 2.24. The summed E-state index contributed by atoms with van der Waals surface area (Å²) >= 11 is 0. The number of nitrogens with zero attached hydrogens (tertiary/aromatic N) is 1. The second kappa shape index (κ2) is 6.33. The van der Waals surface area contributed by atoms with Crippen molar-refractivity contribution in [3.63, 3.8) is 0 Å². The van der Waals surface area contributed by atoms with Gasteiger partial charge in [-0.25, -0.2) is 0 Å². The van der Waals surface area contributed by atoms with Crippen molar-refractivity contribution in [3.8, 4) is 0 Å². The number of rotatable bonds is 6. The summed E-state index contributed by atoms with van der Waals surface area (Å²) in [5, 5.41) is 6.03. The molecule has 1 atom stereocenters. The highest BCUT2D eigenvalue weighted by molar-refractivity contribution is 5.85. The molecule has 0 aliphatic carbocycles. The van der Waals surface area contributed by atoms with Crippen LogP contribution in [0.3, 0.4) is 0 Å². The average Bonchev–Trinajstić information content (AvgIpc) is 2.46. The zero-order chi connectivity index (χ0) is 14.6. The van der Waals surface area contributed by atoms with Crippen LogP contribution in [0.25, 0.3) is 10.8 Å². The van der Waals surface area contributed by atoms with E-state index in [2.05, 4.69) is 55.3 Å². The number of benzene rings is 1. The molecule has 0 amide bonds. The van der Waals surface area contributed by atoms with E-state index in [0.717, 1.165) is 13.0 Å². The number of fused-ring (bicyclic) bond motifs is 1. The maximum absolute atomic E-state index is 5.60. The van der Waals surface area contributed by atoms with Gasteiger partial charge < -0.3 is 10.1 Å². The van der Waals surface area contributed by atoms with Crippen molar-refractivity contribution in [2.24, 2.45) is 0 Å². The molecule has 108 valence electrons. The zero-order valence-electron chi connectivity index (χ0n) is 12.8. The number of hydrogen-bond donors (Lipinski definition) is 1. The van der Waals surface area contributed by atoms with Gasteiger partial charge in [0.05, 0.1) is 5.60 Å². The van der Waals surface area contributed by atoms with E-state index in [0.29, 0.717) is 0 Å². The molecule has 3 heteroatoms. The van der Waals surface area contributed by atoms with Crippen LogP contribution in [-0.4, -0.2) is 24.2 Å². The average molecular weight is 272 g/mol. The Kier molecular flexibility index (Phi) is 4.73. The SMILES string of the molecule is CCNC(CC(C)(C)OC)c1cccc2cnccc12. The van der Waals surface area contributed by atoms with E-state index in [1.165, 1.54) is 16.3 Å². The van der Waals surface area contributed by atoms with E-state index in [9.17, 15) is 0 Å². The van der Waals surface area contributed by atoms with E-state index in [1.54, 1.807) is 7.11 Å². The van der Waals surface area contributed by atoms with E-state index in [1.807, 2.05) is 12.4 Å². The van der Waals surface area contributed by atoms with Crippen LogP contribution in [0.1, 0.15) is 38.8 Å². The Morgan fingerprint density at radius 3 is 2.80 bits per heavy atom. The van der Waals surface area contributed by atoms with Gasteiger partial charge in [-0.15, -0.1) is 0 Å². The Morgan fingerprint density at radius 1 is 1.30 bits per heavy atom. The third-order valence-corrected chi connectivity index (χ3v) is 3.79. The molecule has 1 aromatic heterocycles. The molecule has 0 bridgehead atoms. The zero-order valence-corrected chi connectivity index (χ0v) is 12.8. The number of pyridine rings is 1. The van der Waals surface area contributed by atoms with Gasteiger partial charge in [-0.05, 0) is 43.8 Å². The summed E-state index contributed by atoms with van der Waals surface area (Å²) in [6, 6.07) is 8.77. The minimum absolute atomic E-state index is 0.151. The van der Waals surface area contributed by atoms with Crippen molar-refractivity contribution in [2.45, 2.75) is 38.8 Å². The quantitative estimate of drug-likeness (QED) is 0.870. The third kappa shape index (κ3) is 3.35. The molecule has 0 saturated carbocycles. The van der Waals surface area contributed by atoms with Gasteiger partial charge in [0, 0.05) is 30.9 Å². The second-order valence-corrected chi connectivity index (χ2v) is 5.72. The Bertz CT molecular complexity index is 560. The summed E-state index contributed by atoms with van der Waals surface area (Å²) < 4.78 is 5.60. The summed E-state index contributed by atoms with van der Waals surface area (Å²) in [6.45, 7) is 7.33. The molecule has 0 saturated heterocycles. The fourth-order valence-electron chi connectivity index (χ4n) is 2.56. The van der Waals surface area contributed by atoms with Gasteiger partial charge in [-0.2, -0.15) is 0 Å². The first-order valence-electron chi connectivity index (χ1n) is 7.18. The standard InChI is InChI=1S/C17H24N2O/c1-5-19-16(11-17(2,3)20-4)15-8-6-7-13-12-18-10-9-14(13)15/h6-10,12,16,19H,5,11H2,1-4H3. The Hall–Kier alpha value is -1.45. The summed E-state index contributed by atoms with van der Waals surface area (Å²) in [5.74, 6) is 0. The van der Waals surface area contributed by atoms with Gasteiger partial charge in [0.25, 0.3) is 0 Å². The Balaban J connectivity index is 2.41. The molecule has 1 unspecified atom stereocenters. The van der Waals surface area contributed by atoms with E-state index >= 15 is 0 Å². The molecule has 1 heterocycles. The van der Waals surface area contributed by atoms with Gasteiger partial charge in [0.15, 0.2) is 0 Å². The minimum Gasteiger partial charge on any atom is -0.379 e. The molecule has 1 N–H and O–H groups in total. The highest BCUT2D eigenvalue weighted by atomic mass is 16.5. The van der Waals surface area contributed by atoms with Crippen LogP contribution in [0, 0.1) is 0 Å². The fourth-order valence-corrected chi connectivity index (χ4v) is 2.56. The lowest BCUT2D eigenvalue weighted by Crippen LogP contribution is -2.32. The summed E-state index contributed by atoms with van der Waals surface area (Å²) in [7, 11) is 1.77. The van der Waals surface area contributed by atoms with E-state index in [-0.39, 0.29) is 11.6 Å². The van der Waals surface area contributed by atoms with Crippen molar-refractivity contribution in [2.75, 3.05) is 13.7 Å². The predicted octanol–water partition coefficient (Wildman–Crippen LogP) is 3.70. The lowest BCUT2D eigenvalue weighted by molar-refractivity contribution is 0.00709. The first-order chi connectivity index (χ1) is 9.57. The summed E-state index contributed by atoms with van der Waals surface area (Å²) in [5.41, 5.74) is 1.17. The monoisotopic (exact) mass is 272 g/mol. The minimum atomic E-state index is -0.151. The molecular weight excluding hydrogens is 248 g/mol. The number of hydrogen-bond acceptors (Lipinski definition) is 3. The molecule has 0 fully saturated rings. The van der Waals surface area contributed by atoms with Crippen LogP contribution in [0.4, 0.5) is 0 Å². The number of methoxy groups -OCH3 is 1. The maximum atomic E-state index is 5.60. The predicted molar refractivity (Wildman–Crippen MR) is 83.9 cm³/mol. The molecule has 2 rings (SSSR count). The lowest BCUT2D eigenvalue weighted by Gasteiger charge is -2.30. The number of aromatic nitrogens is 1. The lowest BCUT2D eigenvalue weighted by atomic mass is 9.91. The highest BCUT2D eigenvalue weighted by Crippen LogP contribution is 2.30. The molecule has 3 nitrogen and oxygen atoms in total. The van der Waals surface area contributed by atoms with Crippen LogP contribution >= 0.6 is 0 Å². The van der Waals surface area contributed by atoms with Crippen molar-refractivity contribution in [1.29, 1.82) is 0 Å². The smallest absolute Gasteiger partial charge is 0.0640 e. The van der Waals surface area contributed by atoms with Gasteiger partial charge in [0.2, 0.25) is 0 Å². The maximum Gasteiger partial charge on any atom is 0.0640 e. The summed E-state index contributed by atoms with van der Waals surface area (Å²) in [6.07, 6.45) is 4.71. The van der Waals surface area contributed by atoms with Crippen LogP contribution < -0.4 is 5.32 Å². The van der Waals surface area contributed by atoms with Gasteiger partial charge >= 0.3 is 0 Å². The molecule has 0 aliphatic rings. The van der Waals surface area contributed by atoms with Gasteiger partial charge in [-0.3, -0.25) is 4.98 Å².